The van der Waals surface area contributed by atoms with Crippen LogP contribution in [0.1, 0.15) is 25.2 Å². The number of rotatable bonds is 6. The highest BCUT2D eigenvalue weighted by Crippen LogP contribution is 2.21. The second-order valence-corrected chi connectivity index (χ2v) is 6.03. The van der Waals surface area contributed by atoms with Gasteiger partial charge in [-0.15, -0.1) is 10.2 Å². The van der Waals surface area contributed by atoms with Gasteiger partial charge in [0.05, 0.1) is 5.25 Å². The molecule has 1 atom stereocenters. The molecule has 8 heteroatoms. The molecule has 0 fully saturated rings. The Morgan fingerprint density at radius 3 is 2.73 bits per heavy atom. The first kappa shape index (κ1) is 16.3. The van der Waals surface area contributed by atoms with Gasteiger partial charge in [0.25, 0.3) is 0 Å². The molecule has 118 valence electrons. The SMILES string of the molecule is CCNC(=O)[C@H](C)Sc1nnc(Cc2ccc(F)cc2)n1N. The van der Waals surface area contributed by atoms with Crippen LogP contribution in [0, 0.1) is 5.82 Å². The van der Waals surface area contributed by atoms with Crippen LogP contribution < -0.4 is 11.2 Å². The van der Waals surface area contributed by atoms with E-state index in [0.717, 1.165) is 5.56 Å². The topological polar surface area (TPSA) is 85.8 Å². The van der Waals surface area contributed by atoms with Crippen molar-refractivity contribution < 1.29 is 9.18 Å². The number of hydrogen-bond acceptors (Lipinski definition) is 5. The molecule has 0 aliphatic carbocycles. The number of nitrogens with one attached hydrogen (secondary N) is 1. The quantitative estimate of drug-likeness (QED) is 0.619. The molecular weight excluding hydrogens is 305 g/mol. The van der Waals surface area contributed by atoms with E-state index in [4.69, 9.17) is 5.84 Å². The summed E-state index contributed by atoms with van der Waals surface area (Å²) in [5.41, 5.74) is 0.883. The molecule has 1 amide bonds. The summed E-state index contributed by atoms with van der Waals surface area (Å²) in [4.78, 5) is 11.7. The third-order valence-corrected chi connectivity index (χ3v) is 4.07. The van der Waals surface area contributed by atoms with E-state index in [0.29, 0.717) is 23.9 Å². The summed E-state index contributed by atoms with van der Waals surface area (Å²) < 4.78 is 14.3. The Kier molecular flexibility index (Phi) is 5.37. The highest BCUT2D eigenvalue weighted by molar-refractivity contribution is 8.00. The van der Waals surface area contributed by atoms with E-state index in [-0.39, 0.29) is 17.0 Å². The largest absolute Gasteiger partial charge is 0.355 e. The molecule has 3 N–H and O–H groups in total. The molecule has 0 bridgehead atoms. The van der Waals surface area contributed by atoms with Crippen LogP contribution >= 0.6 is 11.8 Å². The average Bonchev–Trinajstić information content (AvgIpc) is 2.83. The predicted molar refractivity (Wildman–Crippen MR) is 83.4 cm³/mol. The zero-order valence-electron chi connectivity index (χ0n) is 12.4. The molecule has 0 aliphatic heterocycles. The maximum atomic E-state index is 12.9. The van der Waals surface area contributed by atoms with Gasteiger partial charge in [0.15, 0.2) is 5.82 Å². The van der Waals surface area contributed by atoms with E-state index in [1.165, 1.54) is 28.6 Å². The maximum absolute atomic E-state index is 12.9. The Morgan fingerprint density at radius 1 is 1.41 bits per heavy atom. The van der Waals surface area contributed by atoms with Crippen molar-refractivity contribution in [2.45, 2.75) is 30.7 Å². The second-order valence-electron chi connectivity index (χ2n) is 4.73. The van der Waals surface area contributed by atoms with E-state index in [1.807, 2.05) is 6.92 Å². The van der Waals surface area contributed by atoms with Crippen LogP contribution in [0.3, 0.4) is 0 Å². The van der Waals surface area contributed by atoms with Crippen LogP contribution in [0.5, 0.6) is 0 Å². The van der Waals surface area contributed by atoms with Gasteiger partial charge in [-0.1, -0.05) is 23.9 Å². The lowest BCUT2D eigenvalue weighted by Gasteiger charge is -2.10. The van der Waals surface area contributed by atoms with Crippen LogP contribution in [-0.2, 0) is 11.2 Å². The molecule has 0 saturated carbocycles. The first-order chi connectivity index (χ1) is 10.5. The van der Waals surface area contributed by atoms with Crippen molar-refractivity contribution in [2.24, 2.45) is 0 Å². The molecule has 6 nitrogen and oxygen atoms in total. The minimum atomic E-state index is -0.315. The van der Waals surface area contributed by atoms with Crippen molar-refractivity contribution in [3.63, 3.8) is 0 Å². The molecule has 22 heavy (non-hydrogen) atoms. The van der Waals surface area contributed by atoms with E-state index in [1.54, 1.807) is 19.1 Å². The Labute approximate surface area is 132 Å². The summed E-state index contributed by atoms with van der Waals surface area (Å²) in [6.45, 7) is 4.22. The normalized spacial score (nSPS) is 12.1. The van der Waals surface area contributed by atoms with E-state index >= 15 is 0 Å². The number of benzene rings is 1. The number of halogens is 1. The monoisotopic (exact) mass is 323 g/mol. The molecule has 1 aromatic carbocycles. The second kappa shape index (κ2) is 7.26. The number of amides is 1. The molecule has 0 spiro atoms. The van der Waals surface area contributed by atoms with E-state index < -0.39 is 0 Å². The Hall–Kier alpha value is -2.09. The lowest BCUT2D eigenvalue weighted by molar-refractivity contribution is -0.120. The summed E-state index contributed by atoms with van der Waals surface area (Å²) in [6, 6.07) is 6.13. The number of nitrogens with two attached hydrogens (primary N) is 1. The van der Waals surface area contributed by atoms with Crippen molar-refractivity contribution in [3.8, 4) is 0 Å². The van der Waals surface area contributed by atoms with Crippen molar-refractivity contribution >= 4 is 17.7 Å². The number of aromatic nitrogens is 3. The Balaban J connectivity index is 2.05. The van der Waals surface area contributed by atoms with Gasteiger partial charge < -0.3 is 11.2 Å². The fourth-order valence-corrected chi connectivity index (χ4v) is 2.64. The number of carbonyl (C=O) groups excluding carboxylic acids is 1. The van der Waals surface area contributed by atoms with Crippen molar-refractivity contribution in [1.82, 2.24) is 20.2 Å². The third-order valence-electron chi connectivity index (χ3n) is 3.01. The van der Waals surface area contributed by atoms with Crippen LogP contribution in [0.25, 0.3) is 0 Å². The number of nitrogens with zero attached hydrogens (tertiary/aromatic N) is 3. The minimum absolute atomic E-state index is 0.0735. The molecule has 2 rings (SSSR count). The minimum Gasteiger partial charge on any atom is -0.355 e. The third kappa shape index (κ3) is 3.97. The van der Waals surface area contributed by atoms with Gasteiger partial charge in [-0.05, 0) is 31.5 Å². The van der Waals surface area contributed by atoms with E-state index in [2.05, 4.69) is 15.5 Å². The predicted octanol–water partition coefficient (Wildman–Crippen LogP) is 1.34. The smallest absolute Gasteiger partial charge is 0.233 e. The molecule has 0 unspecified atom stereocenters. The van der Waals surface area contributed by atoms with Gasteiger partial charge >= 0.3 is 0 Å². The highest BCUT2D eigenvalue weighted by Gasteiger charge is 2.18. The summed E-state index contributed by atoms with van der Waals surface area (Å²) in [5, 5.41) is 10.9. The summed E-state index contributed by atoms with van der Waals surface area (Å²) >= 11 is 1.24. The number of thioether (sulfide) groups is 1. The Bertz CT molecular complexity index is 643. The molecule has 0 aliphatic rings. The number of carbonyl (C=O) groups is 1. The van der Waals surface area contributed by atoms with Gasteiger partial charge in [0.1, 0.15) is 5.82 Å². The highest BCUT2D eigenvalue weighted by atomic mass is 32.2. The van der Waals surface area contributed by atoms with Gasteiger partial charge in [-0.2, -0.15) is 0 Å². The van der Waals surface area contributed by atoms with Crippen molar-refractivity contribution in [1.29, 1.82) is 0 Å². The van der Waals surface area contributed by atoms with E-state index in [9.17, 15) is 9.18 Å². The molecule has 2 aromatic rings. The van der Waals surface area contributed by atoms with Crippen LogP contribution in [0.2, 0.25) is 0 Å². The first-order valence-electron chi connectivity index (χ1n) is 6.89. The molecule has 0 radical (unpaired) electrons. The van der Waals surface area contributed by atoms with Gasteiger partial charge in [0.2, 0.25) is 11.1 Å². The molecular formula is C14H18FN5OS. The van der Waals surface area contributed by atoms with Crippen LogP contribution in [0.4, 0.5) is 4.39 Å². The summed E-state index contributed by atoms with van der Waals surface area (Å²) in [5.74, 6) is 6.16. The summed E-state index contributed by atoms with van der Waals surface area (Å²) in [7, 11) is 0. The molecule has 0 saturated heterocycles. The van der Waals surface area contributed by atoms with Gasteiger partial charge in [-0.25, -0.2) is 9.07 Å². The van der Waals surface area contributed by atoms with Crippen LogP contribution in [-0.4, -0.2) is 32.6 Å². The maximum Gasteiger partial charge on any atom is 0.233 e. The lowest BCUT2D eigenvalue weighted by atomic mass is 10.1. The zero-order valence-corrected chi connectivity index (χ0v) is 13.2. The molecule has 1 aromatic heterocycles. The van der Waals surface area contributed by atoms with Gasteiger partial charge in [-0.3, -0.25) is 4.79 Å². The number of nitrogen functional groups attached to an aromatic ring is 1. The lowest BCUT2D eigenvalue weighted by Crippen LogP contribution is -2.31. The molecule has 1 heterocycles. The van der Waals surface area contributed by atoms with Crippen molar-refractivity contribution in [3.05, 3.63) is 41.5 Å². The Morgan fingerprint density at radius 2 is 2.09 bits per heavy atom. The number of hydrogen-bond donors (Lipinski definition) is 2. The average molecular weight is 323 g/mol. The fourth-order valence-electron chi connectivity index (χ4n) is 1.82. The first-order valence-corrected chi connectivity index (χ1v) is 7.77. The standard InChI is InChI=1S/C14H18FN5OS/c1-3-17-13(21)9(2)22-14-19-18-12(20(14)16)8-10-4-6-11(15)7-5-10/h4-7,9H,3,8,16H2,1-2H3,(H,17,21)/t9-/m0/s1. The zero-order chi connectivity index (χ0) is 16.1. The summed E-state index contributed by atoms with van der Waals surface area (Å²) in [6.07, 6.45) is 0.444. The fraction of sp³-hybridized carbons (Fsp3) is 0.357. The van der Waals surface area contributed by atoms with Crippen molar-refractivity contribution in [2.75, 3.05) is 12.4 Å². The van der Waals surface area contributed by atoms with Gasteiger partial charge in [0, 0.05) is 13.0 Å². The van der Waals surface area contributed by atoms with Crippen LogP contribution in [0.15, 0.2) is 29.4 Å².